The molecule has 1 aromatic rings. The molecule has 3 rings (SSSR count). The number of amides is 1. The molecule has 10 heteroatoms. The highest BCUT2D eigenvalue weighted by Gasteiger charge is 2.29. The third-order valence-corrected chi connectivity index (χ3v) is 4.99. The number of quaternary nitrogens is 1. The molecule has 0 saturated heterocycles. The van der Waals surface area contributed by atoms with Crippen LogP contribution in [0, 0.1) is 0 Å². The van der Waals surface area contributed by atoms with Gasteiger partial charge in [-0.3, -0.25) is 4.79 Å². The van der Waals surface area contributed by atoms with Gasteiger partial charge < -0.3 is 36.0 Å². The minimum absolute atomic E-state index is 0.286. The Labute approximate surface area is 197 Å². The molecule has 1 aliphatic heterocycles. The van der Waals surface area contributed by atoms with Crippen molar-refractivity contribution in [3.8, 4) is 0 Å². The number of nitrogens with one attached hydrogen (secondary N) is 2. The molecule has 1 aliphatic carbocycles. The lowest BCUT2D eigenvalue weighted by atomic mass is 9.97. The van der Waals surface area contributed by atoms with Crippen LogP contribution < -0.4 is 26.3 Å². The zero-order valence-corrected chi connectivity index (χ0v) is 19.6. The summed E-state index contributed by atoms with van der Waals surface area (Å²) in [4.78, 5) is 44.9. The fraction of sp³-hybridized carbons (Fsp3) is 0.375. The first kappa shape index (κ1) is 28.2. The van der Waals surface area contributed by atoms with Gasteiger partial charge in [-0.25, -0.2) is 9.79 Å². The van der Waals surface area contributed by atoms with Crippen LogP contribution in [0.5, 0.6) is 0 Å². The van der Waals surface area contributed by atoms with Gasteiger partial charge in [0.25, 0.3) is 5.91 Å². The molecular weight excluding hydrogens is 442 g/mol. The fourth-order valence-electron chi connectivity index (χ4n) is 3.55. The summed E-state index contributed by atoms with van der Waals surface area (Å²) in [6, 6.07) is 6.56. The molecule has 184 valence electrons. The van der Waals surface area contributed by atoms with Crippen LogP contribution in [0.2, 0.25) is 0 Å². The van der Waals surface area contributed by atoms with E-state index in [1.165, 1.54) is 5.56 Å². The topological polar surface area (TPSA) is 188 Å². The van der Waals surface area contributed by atoms with Gasteiger partial charge in [-0.15, -0.1) is 0 Å². The zero-order valence-electron chi connectivity index (χ0n) is 19.6. The molecule has 1 aromatic carbocycles. The van der Waals surface area contributed by atoms with Gasteiger partial charge >= 0.3 is 5.97 Å². The Morgan fingerprint density at radius 2 is 1.71 bits per heavy atom. The van der Waals surface area contributed by atoms with Gasteiger partial charge in [0.1, 0.15) is 12.3 Å². The Morgan fingerprint density at radius 1 is 1.12 bits per heavy atom. The molecule has 0 bridgehead atoms. The number of hydrogen-bond acceptors (Lipinski definition) is 6. The van der Waals surface area contributed by atoms with Crippen LogP contribution in [0.4, 0.5) is 0 Å². The van der Waals surface area contributed by atoms with Crippen LogP contribution in [0.3, 0.4) is 0 Å². The Morgan fingerprint density at radius 3 is 2.24 bits per heavy atom. The summed E-state index contributed by atoms with van der Waals surface area (Å²) in [7, 11) is 0. The number of carbonyl (C=O) groups is 4. The molecule has 0 saturated carbocycles. The number of carboxylic acids is 3. The number of rotatable bonds is 7. The Kier molecular flexibility index (Phi) is 11.4. The molecule has 10 nitrogen and oxygen atoms in total. The van der Waals surface area contributed by atoms with E-state index in [-0.39, 0.29) is 12.3 Å². The summed E-state index contributed by atoms with van der Waals surface area (Å²) in [6.07, 6.45) is 6.20. The molecule has 0 spiro atoms. The number of benzene rings is 1. The van der Waals surface area contributed by atoms with Crippen LogP contribution in [-0.2, 0) is 25.6 Å². The summed E-state index contributed by atoms with van der Waals surface area (Å²) < 4.78 is 0. The van der Waals surface area contributed by atoms with Crippen LogP contribution in [0.1, 0.15) is 51.2 Å². The van der Waals surface area contributed by atoms with Crippen molar-refractivity contribution >= 4 is 35.6 Å². The summed E-state index contributed by atoms with van der Waals surface area (Å²) in [5.41, 5.74) is 9.47. The summed E-state index contributed by atoms with van der Waals surface area (Å²) >= 11 is 0. The van der Waals surface area contributed by atoms with Crippen molar-refractivity contribution in [2.45, 2.75) is 58.5 Å². The first-order chi connectivity index (χ1) is 15.9. The Bertz CT molecular complexity index is 992. The molecular formula is C24H31N3O7. The number of allylic oxidation sites excluding steroid dienone is 1. The van der Waals surface area contributed by atoms with Crippen molar-refractivity contribution in [3.05, 3.63) is 52.7 Å². The van der Waals surface area contributed by atoms with Crippen LogP contribution in [-0.4, -0.2) is 47.2 Å². The summed E-state index contributed by atoms with van der Waals surface area (Å²) in [5.74, 6) is -3.51. The molecule has 0 unspecified atom stereocenters. The predicted octanol–water partition coefficient (Wildman–Crippen LogP) is -3.07. The molecule has 0 radical (unpaired) electrons. The molecule has 1 amide bonds. The van der Waals surface area contributed by atoms with Crippen molar-refractivity contribution in [2.24, 2.45) is 0 Å². The summed E-state index contributed by atoms with van der Waals surface area (Å²) in [5, 5.41) is 30.1. The highest BCUT2D eigenvalue weighted by molar-refractivity contribution is 5.88. The highest BCUT2D eigenvalue weighted by atomic mass is 16.4. The van der Waals surface area contributed by atoms with Crippen molar-refractivity contribution in [1.82, 2.24) is 5.32 Å². The number of carbonyl (C=O) groups excluding carboxylic acids is 3. The molecule has 0 aromatic heterocycles. The number of hydrogen-bond donors (Lipinski definition) is 4. The molecule has 34 heavy (non-hydrogen) atoms. The predicted molar refractivity (Wildman–Crippen MR) is 119 cm³/mol. The molecule has 0 fully saturated rings. The largest absolute Gasteiger partial charge is 0.550 e. The average molecular weight is 474 g/mol. The van der Waals surface area contributed by atoms with E-state index in [9.17, 15) is 14.7 Å². The SMILES string of the molecule is CC(=O)[O-].CC(=O)[O-].CC1=C(C[C@H](NC(=O)[C@@H]([NH3+])CC2=C[NH+]=CC2)C(=O)O)c2ccccc2C1. The van der Waals surface area contributed by atoms with E-state index in [4.69, 9.17) is 19.8 Å². The standard InChI is InChI=1S/C20H23N3O3.2C2H4O2/c1-12-8-14-4-2-3-5-15(14)16(12)10-18(20(25)26)23-19(24)17(21)9-13-6-7-22-11-13;2*1-2(3)4/h2-5,7,11,17-18H,6,8-10,21H2,1H3,(H,23,24)(H,25,26);2*1H3,(H,3,4)/t17-,18-;;/m0../s1. The van der Waals surface area contributed by atoms with Crippen molar-refractivity contribution in [1.29, 1.82) is 0 Å². The second kappa shape index (κ2) is 13.7. The monoisotopic (exact) mass is 473 g/mol. The Balaban J connectivity index is 0.000000629. The van der Waals surface area contributed by atoms with E-state index < -0.39 is 30.0 Å². The lowest BCUT2D eigenvalue weighted by Crippen LogP contribution is -2.68. The Hall–Kier alpha value is -3.79. The highest BCUT2D eigenvalue weighted by Crippen LogP contribution is 2.35. The van der Waals surface area contributed by atoms with Gasteiger partial charge in [-0.2, -0.15) is 0 Å². The van der Waals surface area contributed by atoms with E-state index in [0.29, 0.717) is 6.42 Å². The maximum Gasteiger partial charge on any atom is 0.326 e. The minimum atomic E-state index is -1.08. The first-order valence-corrected chi connectivity index (χ1v) is 10.7. The lowest BCUT2D eigenvalue weighted by Gasteiger charge is -2.18. The van der Waals surface area contributed by atoms with Gasteiger partial charge in [-0.05, 0) is 43.9 Å². The third kappa shape index (κ3) is 9.78. The average Bonchev–Trinajstić information content (AvgIpc) is 3.34. The van der Waals surface area contributed by atoms with Gasteiger partial charge in [0.05, 0.1) is 6.42 Å². The molecule has 1 heterocycles. The van der Waals surface area contributed by atoms with E-state index in [1.54, 1.807) is 0 Å². The fourth-order valence-corrected chi connectivity index (χ4v) is 3.55. The maximum absolute atomic E-state index is 12.4. The van der Waals surface area contributed by atoms with E-state index >= 15 is 0 Å². The van der Waals surface area contributed by atoms with Gasteiger partial charge in [-0.1, -0.05) is 29.8 Å². The van der Waals surface area contributed by atoms with E-state index in [2.05, 4.69) is 22.1 Å². The lowest BCUT2D eigenvalue weighted by molar-refractivity contribution is -0.404. The molecule has 2 atom stereocenters. The van der Waals surface area contributed by atoms with Crippen LogP contribution >= 0.6 is 0 Å². The molecule has 6 N–H and O–H groups in total. The second-order valence-corrected chi connectivity index (χ2v) is 7.96. The zero-order chi connectivity index (χ0) is 25.8. The second-order valence-electron chi connectivity index (χ2n) is 7.96. The van der Waals surface area contributed by atoms with Crippen LogP contribution in [0.15, 0.2) is 41.6 Å². The minimum Gasteiger partial charge on any atom is -0.550 e. The number of carboxylic acid groups (broad SMARTS) is 3. The molecule has 2 aliphatic rings. The first-order valence-electron chi connectivity index (χ1n) is 10.7. The van der Waals surface area contributed by atoms with Crippen molar-refractivity contribution in [3.63, 3.8) is 0 Å². The van der Waals surface area contributed by atoms with Crippen molar-refractivity contribution in [2.75, 3.05) is 0 Å². The van der Waals surface area contributed by atoms with Crippen LogP contribution in [0.25, 0.3) is 5.57 Å². The maximum atomic E-state index is 12.4. The van der Waals surface area contributed by atoms with Crippen molar-refractivity contribution < 1.29 is 45.2 Å². The van der Waals surface area contributed by atoms with Gasteiger partial charge in [0.15, 0.2) is 12.2 Å². The summed E-state index contributed by atoms with van der Waals surface area (Å²) in [6.45, 7) is 3.97. The normalized spacial score (nSPS) is 15.0. The van der Waals surface area contributed by atoms with E-state index in [0.717, 1.165) is 49.0 Å². The number of fused-ring (bicyclic) bond motifs is 1. The van der Waals surface area contributed by atoms with Gasteiger partial charge in [0.2, 0.25) is 0 Å². The number of aliphatic carboxylic acids is 3. The third-order valence-electron chi connectivity index (χ3n) is 4.99. The van der Waals surface area contributed by atoms with E-state index in [1.807, 2.05) is 37.5 Å². The smallest absolute Gasteiger partial charge is 0.326 e. The quantitative estimate of drug-likeness (QED) is 0.323. The van der Waals surface area contributed by atoms with Gasteiger partial charge in [0, 0.05) is 30.4 Å².